The second-order valence-corrected chi connectivity index (χ2v) is 6.51. The molecule has 2 heterocycles. The zero-order valence-electron chi connectivity index (χ0n) is 12.2. The lowest BCUT2D eigenvalue weighted by Crippen LogP contribution is -2.24. The van der Waals surface area contributed by atoms with E-state index < -0.39 is 0 Å². The van der Waals surface area contributed by atoms with Crippen molar-refractivity contribution in [3.63, 3.8) is 0 Å². The molecular formula is C14H25N5. The molecule has 0 saturated carbocycles. The highest BCUT2D eigenvalue weighted by molar-refractivity contribution is 5.49. The Hall–Kier alpha value is -1.36. The number of hydrogen-bond donors (Lipinski definition) is 2. The molecule has 2 rings (SSSR count). The standard InChI is InChI=1S/C14H25N5/c1-14(2,3)9-16-12-6-13(18-10-17-12)19-5-4-11(7-15)8-19/h6,10-11H,4-5,7-9,15H2,1-3H3,(H,16,17,18). The van der Waals surface area contributed by atoms with Crippen LogP contribution in [0.3, 0.4) is 0 Å². The Bertz CT molecular complexity index is 413. The average molecular weight is 263 g/mol. The maximum Gasteiger partial charge on any atom is 0.134 e. The highest BCUT2D eigenvalue weighted by atomic mass is 15.2. The molecule has 0 aromatic carbocycles. The molecule has 0 bridgehead atoms. The zero-order valence-corrected chi connectivity index (χ0v) is 12.2. The van der Waals surface area contributed by atoms with E-state index in [2.05, 4.69) is 41.0 Å². The van der Waals surface area contributed by atoms with Gasteiger partial charge in [0.25, 0.3) is 0 Å². The fraction of sp³-hybridized carbons (Fsp3) is 0.714. The smallest absolute Gasteiger partial charge is 0.134 e. The summed E-state index contributed by atoms with van der Waals surface area (Å²) in [5.41, 5.74) is 5.97. The van der Waals surface area contributed by atoms with Gasteiger partial charge in [0.05, 0.1) is 0 Å². The highest BCUT2D eigenvalue weighted by Gasteiger charge is 2.22. The number of rotatable bonds is 4. The van der Waals surface area contributed by atoms with Crippen LogP contribution in [0.1, 0.15) is 27.2 Å². The van der Waals surface area contributed by atoms with E-state index in [4.69, 9.17) is 5.73 Å². The quantitative estimate of drug-likeness (QED) is 0.866. The van der Waals surface area contributed by atoms with Crippen LogP contribution in [0.4, 0.5) is 11.6 Å². The maximum absolute atomic E-state index is 5.73. The normalized spacial score (nSPS) is 19.8. The first-order valence-corrected chi connectivity index (χ1v) is 6.99. The van der Waals surface area contributed by atoms with E-state index in [-0.39, 0.29) is 5.41 Å². The van der Waals surface area contributed by atoms with Crippen molar-refractivity contribution in [2.45, 2.75) is 27.2 Å². The molecule has 19 heavy (non-hydrogen) atoms. The maximum atomic E-state index is 5.73. The summed E-state index contributed by atoms with van der Waals surface area (Å²) in [6.07, 6.45) is 2.79. The van der Waals surface area contributed by atoms with Gasteiger partial charge in [-0.3, -0.25) is 0 Å². The number of anilines is 2. The third-order valence-electron chi connectivity index (χ3n) is 3.40. The van der Waals surface area contributed by atoms with Crippen molar-refractivity contribution in [3.05, 3.63) is 12.4 Å². The minimum absolute atomic E-state index is 0.239. The molecule has 1 aromatic heterocycles. The number of nitrogens with one attached hydrogen (secondary N) is 1. The number of nitrogens with zero attached hydrogens (tertiary/aromatic N) is 3. The Morgan fingerprint density at radius 3 is 2.84 bits per heavy atom. The van der Waals surface area contributed by atoms with Gasteiger partial charge in [-0.15, -0.1) is 0 Å². The van der Waals surface area contributed by atoms with Gasteiger partial charge in [-0.05, 0) is 24.3 Å². The van der Waals surface area contributed by atoms with Crippen LogP contribution in [0.15, 0.2) is 12.4 Å². The van der Waals surface area contributed by atoms with E-state index in [0.29, 0.717) is 5.92 Å². The molecule has 1 saturated heterocycles. The minimum Gasteiger partial charge on any atom is -0.369 e. The van der Waals surface area contributed by atoms with Gasteiger partial charge in [0.1, 0.15) is 18.0 Å². The van der Waals surface area contributed by atoms with E-state index in [9.17, 15) is 0 Å². The summed E-state index contributed by atoms with van der Waals surface area (Å²) < 4.78 is 0. The van der Waals surface area contributed by atoms with E-state index in [1.807, 2.05) is 6.07 Å². The minimum atomic E-state index is 0.239. The molecule has 1 aliphatic rings. The molecule has 1 fully saturated rings. The molecule has 1 atom stereocenters. The van der Waals surface area contributed by atoms with Crippen LogP contribution in [0.2, 0.25) is 0 Å². The Kier molecular flexibility index (Phi) is 4.24. The van der Waals surface area contributed by atoms with Crippen LogP contribution in [0, 0.1) is 11.3 Å². The SMILES string of the molecule is CC(C)(C)CNc1cc(N2CCC(CN)C2)ncn1. The lowest BCUT2D eigenvalue weighted by atomic mass is 9.97. The molecule has 1 aromatic rings. The molecule has 5 nitrogen and oxygen atoms in total. The first kappa shape index (κ1) is 14.1. The Balaban J connectivity index is 1.99. The molecule has 0 amide bonds. The molecular weight excluding hydrogens is 238 g/mol. The fourth-order valence-electron chi connectivity index (χ4n) is 2.21. The van der Waals surface area contributed by atoms with Gasteiger partial charge in [-0.25, -0.2) is 9.97 Å². The summed E-state index contributed by atoms with van der Waals surface area (Å²) in [7, 11) is 0. The molecule has 5 heteroatoms. The Morgan fingerprint density at radius 2 is 2.21 bits per heavy atom. The lowest BCUT2D eigenvalue weighted by Gasteiger charge is -2.21. The summed E-state index contributed by atoms with van der Waals surface area (Å²) in [6, 6.07) is 2.03. The summed E-state index contributed by atoms with van der Waals surface area (Å²) in [5, 5.41) is 3.37. The van der Waals surface area contributed by atoms with Crippen LogP contribution in [0.5, 0.6) is 0 Å². The van der Waals surface area contributed by atoms with Gasteiger partial charge in [0.15, 0.2) is 0 Å². The number of hydrogen-bond acceptors (Lipinski definition) is 5. The van der Waals surface area contributed by atoms with Gasteiger partial charge >= 0.3 is 0 Å². The van der Waals surface area contributed by atoms with Crippen LogP contribution in [-0.2, 0) is 0 Å². The van der Waals surface area contributed by atoms with Crippen molar-refractivity contribution in [3.8, 4) is 0 Å². The predicted molar refractivity (Wildman–Crippen MR) is 79.4 cm³/mol. The Morgan fingerprint density at radius 1 is 1.42 bits per heavy atom. The zero-order chi connectivity index (χ0) is 13.9. The largest absolute Gasteiger partial charge is 0.369 e. The average Bonchev–Trinajstić information content (AvgIpc) is 2.85. The molecule has 0 spiro atoms. The third-order valence-corrected chi connectivity index (χ3v) is 3.40. The van der Waals surface area contributed by atoms with Gasteiger partial charge in [-0.1, -0.05) is 20.8 Å². The summed E-state index contributed by atoms with van der Waals surface area (Å²) >= 11 is 0. The van der Waals surface area contributed by atoms with Crippen molar-refractivity contribution in [2.24, 2.45) is 17.1 Å². The van der Waals surface area contributed by atoms with Crippen LogP contribution < -0.4 is 16.0 Å². The van der Waals surface area contributed by atoms with E-state index >= 15 is 0 Å². The molecule has 1 aliphatic heterocycles. The van der Waals surface area contributed by atoms with Crippen molar-refractivity contribution >= 4 is 11.6 Å². The van der Waals surface area contributed by atoms with E-state index in [1.165, 1.54) is 0 Å². The monoisotopic (exact) mass is 263 g/mol. The molecule has 3 N–H and O–H groups in total. The lowest BCUT2D eigenvalue weighted by molar-refractivity contribution is 0.442. The van der Waals surface area contributed by atoms with Gasteiger partial charge < -0.3 is 16.0 Å². The van der Waals surface area contributed by atoms with Crippen LogP contribution >= 0.6 is 0 Å². The highest BCUT2D eigenvalue weighted by Crippen LogP contribution is 2.23. The van der Waals surface area contributed by atoms with Gasteiger partial charge in [-0.2, -0.15) is 0 Å². The summed E-state index contributed by atoms with van der Waals surface area (Å²) in [5.74, 6) is 2.50. The first-order chi connectivity index (χ1) is 8.98. The second-order valence-electron chi connectivity index (χ2n) is 6.51. The van der Waals surface area contributed by atoms with E-state index in [1.54, 1.807) is 6.33 Å². The third kappa shape index (κ3) is 4.06. The van der Waals surface area contributed by atoms with Crippen LogP contribution in [-0.4, -0.2) is 36.1 Å². The topological polar surface area (TPSA) is 67.1 Å². The summed E-state index contributed by atoms with van der Waals surface area (Å²) in [6.45, 7) is 10.3. The van der Waals surface area contributed by atoms with Crippen molar-refractivity contribution in [1.82, 2.24) is 9.97 Å². The molecule has 106 valence electrons. The molecule has 1 unspecified atom stereocenters. The van der Waals surface area contributed by atoms with E-state index in [0.717, 1.165) is 44.2 Å². The van der Waals surface area contributed by atoms with Crippen molar-refractivity contribution in [1.29, 1.82) is 0 Å². The molecule has 0 aliphatic carbocycles. The van der Waals surface area contributed by atoms with Crippen LogP contribution in [0.25, 0.3) is 0 Å². The molecule has 0 radical (unpaired) electrons. The van der Waals surface area contributed by atoms with Gasteiger partial charge in [0.2, 0.25) is 0 Å². The van der Waals surface area contributed by atoms with Crippen molar-refractivity contribution < 1.29 is 0 Å². The first-order valence-electron chi connectivity index (χ1n) is 6.99. The summed E-state index contributed by atoms with van der Waals surface area (Å²) in [4.78, 5) is 10.9. The second kappa shape index (κ2) is 5.74. The predicted octanol–water partition coefficient (Wildman–Crippen LogP) is 1.72. The number of aromatic nitrogens is 2. The Labute approximate surface area is 115 Å². The van der Waals surface area contributed by atoms with Gasteiger partial charge in [0, 0.05) is 25.7 Å². The fourth-order valence-corrected chi connectivity index (χ4v) is 2.21. The number of nitrogens with two attached hydrogens (primary N) is 1. The van der Waals surface area contributed by atoms with Crippen molar-refractivity contribution in [2.75, 3.05) is 36.4 Å².